The van der Waals surface area contributed by atoms with Gasteiger partial charge in [0.25, 0.3) is 0 Å². The SMILES string of the molecule is CCCCCCCCCc1ccccn1. The standard InChI is InChI=1S/C14H23N/c1-2-3-4-5-6-7-8-11-14-12-9-10-13-15-14/h9-10,12-13H,2-8,11H2,1H3. The summed E-state index contributed by atoms with van der Waals surface area (Å²) in [5.74, 6) is 0. The number of unbranched alkanes of at least 4 members (excludes halogenated alkanes) is 6. The van der Waals surface area contributed by atoms with Gasteiger partial charge in [-0.1, -0.05) is 51.5 Å². The van der Waals surface area contributed by atoms with Gasteiger partial charge in [-0.2, -0.15) is 0 Å². The summed E-state index contributed by atoms with van der Waals surface area (Å²) >= 11 is 0. The normalized spacial score (nSPS) is 10.5. The van der Waals surface area contributed by atoms with Gasteiger partial charge in [0.1, 0.15) is 0 Å². The minimum Gasteiger partial charge on any atom is -0.261 e. The molecule has 0 radical (unpaired) electrons. The zero-order valence-electron chi connectivity index (χ0n) is 9.91. The number of pyridine rings is 1. The van der Waals surface area contributed by atoms with E-state index in [1.165, 1.54) is 50.6 Å². The van der Waals surface area contributed by atoms with Crippen LogP contribution in [0.2, 0.25) is 0 Å². The van der Waals surface area contributed by atoms with Gasteiger partial charge in [0.05, 0.1) is 0 Å². The summed E-state index contributed by atoms with van der Waals surface area (Å²) in [6, 6.07) is 6.18. The van der Waals surface area contributed by atoms with Crippen LogP contribution in [0.25, 0.3) is 0 Å². The molecule has 1 rings (SSSR count). The van der Waals surface area contributed by atoms with Gasteiger partial charge in [0.2, 0.25) is 0 Å². The van der Waals surface area contributed by atoms with Crippen LogP contribution in [-0.2, 0) is 6.42 Å². The van der Waals surface area contributed by atoms with E-state index in [-0.39, 0.29) is 0 Å². The molecule has 1 heteroatoms. The molecule has 0 N–H and O–H groups in total. The average Bonchev–Trinajstić information content (AvgIpc) is 2.29. The summed E-state index contributed by atoms with van der Waals surface area (Å²) in [5, 5.41) is 0. The molecule has 0 saturated heterocycles. The van der Waals surface area contributed by atoms with Crippen molar-refractivity contribution in [2.45, 2.75) is 58.3 Å². The Balaban J connectivity index is 1.93. The van der Waals surface area contributed by atoms with E-state index < -0.39 is 0 Å². The first-order valence-corrected chi connectivity index (χ1v) is 6.33. The molecule has 0 aromatic carbocycles. The largest absolute Gasteiger partial charge is 0.261 e. The highest BCUT2D eigenvalue weighted by molar-refractivity contribution is 5.03. The molecule has 0 unspecified atom stereocenters. The lowest BCUT2D eigenvalue weighted by Crippen LogP contribution is -1.89. The number of aryl methyl sites for hydroxylation is 1. The molecule has 0 fully saturated rings. The Kier molecular flexibility index (Phi) is 6.89. The van der Waals surface area contributed by atoms with Crippen LogP contribution in [0, 0.1) is 0 Å². The van der Waals surface area contributed by atoms with Crippen LogP contribution in [0.4, 0.5) is 0 Å². The van der Waals surface area contributed by atoms with Crippen molar-refractivity contribution in [3.05, 3.63) is 30.1 Å². The van der Waals surface area contributed by atoms with E-state index in [1.807, 2.05) is 12.3 Å². The fraction of sp³-hybridized carbons (Fsp3) is 0.643. The van der Waals surface area contributed by atoms with Crippen molar-refractivity contribution in [3.8, 4) is 0 Å². The van der Waals surface area contributed by atoms with Crippen molar-refractivity contribution >= 4 is 0 Å². The Morgan fingerprint density at radius 2 is 1.67 bits per heavy atom. The molecule has 15 heavy (non-hydrogen) atoms. The van der Waals surface area contributed by atoms with Gasteiger partial charge < -0.3 is 0 Å². The Morgan fingerprint density at radius 3 is 2.33 bits per heavy atom. The van der Waals surface area contributed by atoms with Gasteiger partial charge in [-0.3, -0.25) is 4.98 Å². The highest BCUT2D eigenvalue weighted by Crippen LogP contribution is 2.09. The Hall–Kier alpha value is -0.850. The molecule has 0 aliphatic rings. The Morgan fingerprint density at radius 1 is 0.933 bits per heavy atom. The van der Waals surface area contributed by atoms with E-state index in [2.05, 4.69) is 24.0 Å². The first-order valence-electron chi connectivity index (χ1n) is 6.33. The number of nitrogens with zero attached hydrogens (tertiary/aromatic N) is 1. The fourth-order valence-corrected chi connectivity index (χ4v) is 1.81. The van der Waals surface area contributed by atoms with Crippen LogP contribution >= 0.6 is 0 Å². The van der Waals surface area contributed by atoms with E-state index in [4.69, 9.17) is 0 Å². The van der Waals surface area contributed by atoms with Gasteiger partial charge in [-0.05, 0) is 25.0 Å². The second-order valence-electron chi connectivity index (χ2n) is 4.19. The van der Waals surface area contributed by atoms with E-state index in [9.17, 15) is 0 Å². The molecular weight excluding hydrogens is 182 g/mol. The summed E-state index contributed by atoms with van der Waals surface area (Å²) in [4.78, 5) is 4.33. The quantitative estimate of drug-likeness (QED) is 0.574. The van der Waals surface area contributed by atoms with E-state index >= 15 is 0 Å². The molecule has 1 aromatic rings. The predicted molar refractivity (Wildman–Crippen MR) is 65.9 cm³/mol. The minimum absolute atomic E-state index is 1.15. The molecular formula is C14H23N. The van der Waals surface area contributed by atoms with Crippen LogP contribution in [0.15, 0.2) is 24.4 Å². The zero-order chi connectivity index (χ0) is 10.8. The van der Waals surface area contributed by atoms with E-state index in [0.717, 1.165) is 6.42 Å². The third kappa shape index (κ3) is 6.27. The summed E-state index contributed by atoms with van der Waals surface area (Å²) in [5.41, 5.74) is 1.24. The van der Waals surface area contributed by atoms with Crippen molar-refractivity contribution in [2.24, 2.45) is 0 Å². The Bertz CT molecular complexity index is 230. The lowest BCUT2D eigenvalue weighted by molar-refractivity contribution is 0.587. The smallest absolute Gasteiger partial charge is 0.0403 e. The molecule has 1 heterocycles. The lowest BCUT2D eigenvalue weighted by atomic mass is 10.1. The molecule has 0 aliphatic heterocycles. The van der Waals surface area contributed by atoms with Gasteiger partial charge in [0.15, 0.2) is 0 Å². The molecule has 0 atom stereocenters. The zero-order valence-corrected chi connectivity index (χ0v) is 9.91. The van der Waals surface area contributed by atoms with Crippen LogP contribution in [0.1, 0.15) is 57.6 Å². The van der Waals surface area contributed by atoms with Crippen LogP contribution < -0.4 is 0 Å². The van der Waals surface area contributed by atoms with Crippen molar-refractivity contribution < 1.29 is 0 Å². The molecule has 1 aromatic heterocycles. The topological polar surface area (TPSA) is 12.9 Å². The number of hydrogen-bond donors (Lipinski definition) is 0. The molecule has 1 nitrogen and oxygen atoms in total. The second kappa shape index (κ2) is 8.46. The second-order valence-corrected chi connectivity index (χ2v) is 4.19. The molecule has 0 amide bonds. The van der Waals surface area contributed by atoms with Crippen molar-refractivity contribution in [1.29, 1.82) is 0 Å². The maximum absolute atomic E-state index is 4.33. The molecule has 0 saturated carbocycles. The van der Waals surface area contributed by atoms with Crippen LogP contribution in [0.3, 0.4) is 0 Å². The maximum Gasteiger partial charge on any atom is 0.0403 e. The summed E-state index contributed by atoms with van der Waals surface area (Å²) in [7, 11) is 0. The monoisotopic (exact) mass is 205 g/mol. The summed E-state index contributed by atoms with van der Waals surface area (Å²) in [6.07, 6.45) is 12.7. The van der Waals surface area contributed by atoms with Gasteiger partial charge in [-0.25, -0.2) is 0 Å². The highest BCUT2D eigenvalue weighted by atomic mass is 14.7. The first-order chi connectivity index (χ1) is 7.43. The summed E-state index contributed by atoms with van der Waals surface area (Å²) < 4.78 is 0. The predicted octanol–water partition coefficient (Wildman–Crippen LogP) is 4.37. The third-order valence-electron chi connectivity index (χ3n) is 2.76. The van der Waals surface area contributed by atoms with Crippen molar-refractivity contribution in [2.75, 3.05) is 0 Å². The number of aromatic nitrogens is 1. The molecule has 0 bridgehead atoms. The average molecular weight is 205 g/mol. The van der Waals surface area contributed by atoms with Crippen LogP contribution in [0.5, 0.6) is 0 Å². The maximum atomic E-state index is 4.33. The highest BCUT2D eigenvalue weighted by Gasteiger charge is 1.93. The number of hydrogen-bond acceptors (Lipinski definition) is 1. The molecule has 0 spiro atoms. The van der Waals surface area contributed by atoms with Crippen LogP contribution in [-0.4, -0.2) is 4.98 Å². The molecule has 84 valence electrons. The van der Waals surface area contributed by atoms with Crippen molar-refractivity contribution in [1.82, 2.24) is 4.98 Å². The number of rotatable bonds is 8. The van der Waals surface area contributed by atoms with Crippen molar-refractivity contribution in [3.63, 3.8) is 0 Å². The van der Waals surface area contributed by atoms with E-state index in [1.54, 1.807) is 0 Å². The third-order valence-corrected chi connectivity index (χ3v) is 2.76. The lowest BCUT2D eigenvalue weighted by Gasteiger charge is -2.01. The van der Waals surface area contributed by atoms with Gasteiger partial charge in [-0.15, -0.1) is 0 Å². The Labute approximate surface area is 93.9 Å². The van der Waals surface area contributed by atoms with Gasteiger partial charge >= 0.3 is 0 Å². The summed E-state index contributed by atoms with van der Waals surface area (Å²) in [6.45, 7) is 2.26. The minimum atomic E-state index is 1.15. The van der Waals surface area contributed by atoms with Gasteiger partial charge in [0, 0.05) is 11.9 Å². The molecule has 0 aliphatic carbocycles. The first kappa shape index (κ1) is 12.2. The van der Waals surface area contributed by atoms with E-state index in [0.29, 0.717) is 0 Å². The fourth-order valence-electron chi connectivity index (χ4n) is 1.81.